The van der Waals surface area contributed by atoms with Crippen molar-refractivity contribution in [1.82, 2.24) is 4.72 Å². The maximum Gasteiger partial charge on any atom is 0.511 e. The highest BCUT2D eigenvalue weighted by molar-refractivity contribution is 7.90. The number of fused-ring (bicyclic) bond motifs is 1. The summed E-state index contributed by atoms with van der Waals surface area (Å²) >= 11 is 0. The molecule has 0 saturated heterocycles. The van der Waals surface area contributed by atoms with Crippen molar-refractivity contribution < 1.29 is 35.9 Å². The Balaban J connectivity index is 2.19. The first-order chi connectivity index (χ1) is 12.5. The zero-order chi connectivity index (χ0) is 20.4. The normalized spacial score (nSPS) is 15.3. The van der Waals surface area contributed by atoms with Crippen LogP contribution in [0.2, 0.25) is 0 Å². The van der Waals surface area contributed by atoms with Gasteiger partial charge < -0.3 is 9.47 Å². The van der Waals surface area contributed by atoms with E-state index in [0.717, 1.165) is 36.0 Å². The number of halogens is 3. The molecule has 1 N–H and O–H groups in total. The van der Waals surface area contributed by atoms with Crippen molar-refractivity contribution in [3.8, 4) is 5.75 Å². The highest BCUT2D eigenvalue weighted by Crippen LogP contribution is 2.35. The van der Waals surface area contributed by atoms with Gasteiger partial charge in [0.2, 0.25) is 0 Å². The van der Waals surface area contributed by atoms with Crippen molar-refractivity contribution in [1.29, 1.82) is 0 Å². The number of esters is 1. The van der Waals surface area contributed by atoms with Crippen LogP contribution in [0, 0.1) is 6.92 Å². The number of sulfonamides is 1. The summed E-state index contributed by atoms with van der Waals surface area (Å²) < 4.78 is 71.8. The second kappa shape index (κ2) is 8.05. The van der Waals surface area contributed by atoms with Gasteiger partial charge in [0, 0.05) is 0 Å². The third kappa shape index (κ3) is 4.73. The summed E-state index contributed by atoms with van der Waals surface area (Å²) in [6.45, 7) is 4.65. The topological polar surface area (TPSA) is 81.7 Å². The van der Waals surface area contributed by atoms with Crippen LogP contribution in [0.4, 0.5) is 13.2 Å². The van der Waals surface area contributed by atoms with Gasteiger partial charge in [0.05, 0.1) is 18.2 Å². The average molecular weight is 409 g/mol. The number of nitrogens with one attached hydrogen (secondary N) is 1. The smallest absolute Gasteiger partial charge is 0.492 e. The Labute approximate surface area is 156 Å². The Kier molecular flexibility index (Phi) is 6.41. The fraction of sp³-hybridized carbons (Fsp3) is 0.588. The molecule has 0 radical (unpaired) electrons. The number of ether oxygens (including phenoxy) is 2. The maximum atomic E-state index is 12.4. The molecule has 0 fully saturated rings. The van der Waals surface area contributed by atoms with Gasteiger partial charge in [0.15, 0.2) is 0 Å². The first-order valence-corrected chi connectivity index (χ1v) is 10.00. The molecule has 0 aliphatic heterocycles. The van der Waals surface area contributed by atoms with Crippen LogP contribution in [0.25, 0.3) is 0 Å². The van der Waals surface area contributed by atoms with E-state index in [0.29, 0.717) is 11.3 Å². The number of carbonyl (C=O) groups is 1. The van der Waals surface area contributed by atoms with E-state index in [2.05, 4.69) is 0 Å². The van der Waals surface area contributed by atoms with Gasteiger partial charge >= 0.3 is 21.5 Å². The highest BCUT2D eigenvalue weighted by atomic mass is 32.2. The molecule has 0 aromatic heterocycles. The Morgan fingerprint density at radius 3 is 2.52 bits per heavy atom. The van der Waals surface area contributed by atoms with E-state index < -0.39 is 27.5 Å². The summed E-state index contributed by atoms with van der Waals surface area (Å²) in [7, 11) is -5.45. The number of hydrogen-bond acceptors (Lipinski definition) is 5. The lowest BCUT2D eigenvalue weighted by atomic mass is 9.98. The molecule has 1 unspecified atom stereocenters. The third-order valence-corrected chi connectivity index (χ3v) is 5.61. The molecule has 0 bridgehead atoms. The van der Waals surface area contributed by atoms with Crippen LogP contribution in [-0.2, 0) is 27.6 Å². The molecule has 1 aliphatic rings. The molecule has 1 aromatic carbocycles. The molecule has 10 heteroatoms. The number of rotatable bonds is 7. The lowest BCUT2D eigenvalue weighted by Gasteiger charge is -2.19. The fourth-order valence-corrected chi connectivity index (χ4v) is 3.78. The van der Waals surface area contributed by atoms with E-state index in [4.69, 9.17) is 9.47 Å². The minimum absolute atomic E-state index is 0.216. The Hall–Kier alpha value is -1.81. The second-order valence-electron chi connectivity index (χ2n) is 6.36. The summed E-state index contributed by atoms with van der Waals surface area (Å²) in [5.74, 6) is -0.150. The van der Waals surface area contributed by atoms with Crippen molar-refractivity contribution in [2.24, 2.45) is 0 Å². The number of hydrogen-bond donors (Lipinski definition) is 1. The van der Waals surface area contributed by atoms with Crippen LogP contribution in [0.15, 0.2) is 6.07 Å². The summed E-state index contributed by atoms with van der Waals surface area (Å²) in [5, 5.41) is 0. The first kappa shape index (κ1) is 21.5. The first-order valence-electron chi connectivity index (χ1n) is 8.51. The highest BCUT2D eigenvalue weighted by Gasteiger charge is 2.46. The Morgan fingerprint density at radius 2 is 1.93 bits per heavy atom. The van der Waals surface area contributed by atoms with Crippen molar-refractivity contribution in [3.63, 3.8) is 0 Å². The molecule has 0 saturated carbocycles. The summed E-state index contributed by atoms with van der Waals surface area (Å²) in [5.41, 5.74) is -2.33. The second-order valence-corrected chi connectivity index (χ2v) is 8.06. The fourth-order valence-electron chi connectivity index (χ4n) is 3.05. The lowest BCUT2D eigenvalue weighted by Crippen LogP contribution is -2.43. The molecule has 1 aromatic rings. The Morgan fingerprint density at radius 1 is 1.30 bits per heavy atom. The van der Waals surface area contributed by atoms with E-state index in [1.54, 1.807) is 13.8 Å². The quantitative estimate of drug-likeness (QED) is 0.701. The molecule has 1 atom stereocenters. The van der Waals surface area contributed by atoms with Gasteiger partial charge in [0.1, 0.15) is 12.4 Å². The average Bonchev–Trinajstić information content (AvgIpc) is 3.03. The molecule has 2 rings (SSSR count). The zero-order valence-electron chi connectivity index (χ0n) is 15.3. The van der Waals surface area contributed by atoms with Gasteiger partial charge in [-0.15, -0.1) is 0 Å². The number of alkyl halides is 3. The molecule has 6 nitrogen and oxygen atoms in total. The minimum Gasteiger partial charge on any atom is -0.492 e. The largest absolute Gasteiger partial charge is 0.511 e. The van der Waals surface area contributed by atoms with E-state index in [1.807, 2.05) is 0 Å². The molecule has 27 heavy (non-hydrogen) atoms. The minimum atomic E-state index is -5.45. The van der Waals surface area contributed by atoms with Gasteiger partial charge in [-0.3, -0.25) is 0 Å². The van der Waals surface area contributed by atoms with Crippen LogP contribution in [0.1, 0.15) is 47.3 Å². The van der Waals surface area contributed by atoms with Gasteiger partial charge in [-0.05, 0) is 62.8 Å². The molecule has 0 heterocycles. The predicted molar refractivity (Wildman–Crippen MR) is 92.2 cm³/mol. The lowest BCUT2D eigenvalue weighted by molar-refractivity contribution is -0.0451. The van der Waals surface area contributed by atoms with Crippen molar-refractivity contribution in [3.05, 3.63) is 28.3 Å². The third-order valence-electron chi connectivity index (χ3n) is 4.29. The van der Waals surface area contributed by atoms with Crippen LogP contribution in [-0.4, -0.2) is 39.2 Å². The van der Waals surface area contributed by atoms with Crippen LogP contribution in [0.5, 0.6) is 5.75 Å². The summed E-state index contributed by atoms with van der Waals surface area (Å²) in [6, 6.07) is 0.401. The van der Waals surface area contributed by atoms with Gasteiger partial charge in [0.25, 0.3) is 0 Å². The molecule has 152 valence electrons. The van der Waals surface area contributed by atoms with E-state index in [1.165, 1.54) is 17.7 Å². The van der Waals surface area contributed by atoms with Crippen LogP contribution >= 0.6 is 0 Å². The van der Waals surface area contributed by atoms with Crippen LogP contribution in [0.3, 0.4) is 0 Å². The molecule has 1 aliphatic carbocycles. The van der Waals surface area contributed by atoms with E-state index in [9.17, 15) is 26.4 Å². The maximum absolute atomic E-state index is 12.4. The molecule has 0 amide bonds. The molecular weight excluding hydrogens is 387 g/mol. The van der Waals surface area contributed by atoms with Crippen molar-refractivity contribution in [2.75, 3.05) is 13.2 Å². The van der Waals surface area contributed by atoms with Crippen molar-refractivity contribution in [2.45, 2.75) is 51.6 Å². The van der Waals surface area contributed by atoms with Gasteiger partial charge in [-0.25, -0.2) is 17.9 Å². The standard InChI is InChI=1S/C17H22F3NO5S/c1-4-25-16(22)14-8-15(11(3)12-6-5-7-13(12)14)26-9-10(2)21-27(23,24)17(18,19)20/h8,10,21H,4-7,9H2,1-3H3. The van der Waals surface area contributed by atoms with E-state index >= 15 is 0 Å². The SMILES string of the molecule is CCOC(=O)c1cc(OCC(C)NS(=O)(=O)C(F)(F)F)c(C)c2c1CCC2. The van der Waals surface area contributed by atoms with Gasteiger partial charge in [-0.1, -0.05) is 0 Å². The Bertz CT molecular complexity index is 821. The summed E-state index contributed by atoms with van der Waals surface area (Å²) in [4.78, 5) is 12.2. The monoisotopic (exact) mass is 409 g/mol. The number of benzene rings is 1. The number of carbonyl (C=O) groups excluding carboxylic acids is 1. The van der Waals surface area contributed by atoms with Crippen LogP contribution < -0.4 is 9.46 Å². The van der Waals surface area contributed by atoms with E-state index in [-0.39, 0.29) is 13.2 Å². The predicted octanol–water partition coefficient (Wildman–Crippen LogP) is 2.87. The van der Waals surface area contributed by atoms with Crippen molar-refractivity contribution >= 4 is 16.0 Å². The summed E-state index contributed by atoms with van der Waals surface area (Å²) in [6.07, 6.45) is 2.39. The van der Waals surface area contributed by atoms with Gasteiger partial charge in [-0.2, -0.15) is 13.2 Å². The zero-order valence-corrected chi connectivity index (χ0v) is 16.1. The molecule has 0 spiro atoms. The molecular formula is C17H22F3NO5S.